The Labute approximate surface area is 137 Å². The average Bonchev–Trinajstić information content (AvgIpc) is 3.20. The molecule has 2 aromatic heterocycles. The number of aromatic amines is 1. The molecule has 1 amide bonds. The third-order valence-electron chi connectivity index (χ3n) is 3.62. The molecule has 1 aromatic carbocycles. The molecule has 7 heteroatoms. The third kappa shape index (κ3) is 3.62. The second-order valence-corrected chi connectivity index (χ2v) is 6.45. The van der Waals surface area contributed by atoms with Crippen molar-refractivity contribution in [3.05, 3.63) is 57.5 Å². The lowest BCUT2D eigenvalue weighted by Crippen LogP contribution is -2.24. The van der Waals surface area contributed by atoms with E-state index in [0.29, 0.717) is 12.2 Å². The minimum atomic E-state index is -0.479. The SMILES string of the molecule is Cc1ccc(NC(=O)C(Cc2cccs2)c2nn[nH]n2)c(C)c1. The molecule has 2 heterocycles. The van der Waals surface area contributed by atoms with Gasteiger partial charge in [0.2, 0.25) is 5.91 Å². The maximum absolute atomic E-state index is 12.7. The first-order chi connectivity index (χ1) is 11.1. The number of hydrogen-bond acceptors (Lipinski definition) is 5. The van der Waals surface area contributed by atoms with Crippen LogP contribution in [0.25, 0.3) is 0 Å². The number of H-pyrrole nitrogens is 1. The molecule has 2 N–H and O–H groups in total. The Morgan fingerprint density at radius 1 is 1.35 bits per heavy atom. The summed E-state index contributed by atoms with van der Waals surface area (Å²) < 4.78 is 0. The number of tetrazole rings is 1. The van der Waals surface area contributed by atoms with Gasteiger partial charge in [0.25, 0.3) is 0 Å². The van der Waals surface area contributed by atoms with E-state index in [2.05, 4.69) is 25.9 Å². The van der Waals surface area contributed by atoms with Crippen molar-refractivity contribution in [2.75, 3.05) is 5.32 Å². The topological polar surface area (TPSA) is 83.6 Å². The highest BCUT2D eigenvalue weighted by atomic mass is 32.1. The summed E-state index contributed by atoms with van der Waals surface area (Å²) in [4.78, 5) is 13.9. The molecule has 3 rings (SSSR count). The van der Waals surface area contributed by atoms with Gasteiger partial charge in [-0.1, -0.05) is 29.0 Å². The number of anilines is 1. The normalized spacial score (nSPS) is 12.1. The minimum Gasteiger partial charge on any atom is -0.325 e. The van der Waals surface area contributed by atoms with Crippen molar-refractivity contribution >= 4 is 22.9 Å². The number of benzene rings is 1. The number of aryl methyl sites for hydroxylation is 2. The van der Waals surface area contributed by atoms with Crippen molar-refractivity contribution < 1.29 is 4.79 Å². The van der Waals surface area contributed by atoms with Crippen LogP contribution in [0.1, 0.15) is 27.7 Å². The highest BCUT2D eigenvalue weighted by Crippen LogP contribution is 2.24. The molecule has 0 fully saturated rings. The first-order valence-corrected chi connectivity index (χ1v) is 8.15. The van der Waals surface area contributed by atoms with Gasteiger partial charge >= 0.3 is 0 Å². The Bertz CT molecular complexity index is 783. The molecular formula is C16H17N5OS. The molecule has 0 saturated heterocycles. The van der Waals surface area contributed by atoms with Crippen molar-refractivity contribution in [2.45, 2.75) is 26.2 Å². The Morgan fingerprint density at radius 3 is 2.87 bits per heavy atom. The van der Waals surface area contributed by atoms with Gasteiger partial charge in [-0.3, -0.25) is 4.79 Å². The monoisotopic (exact) mass is 327 g/mol. The van der Waals surface area contributed by atoms with E-state index in [1.165, 1.54) is 0 Å². The van der Waals surface area contributed by atoms with Crippen LogP contribution in [0.4, 0.5) is 5.69 Å². The quantitative estimate of drug-likeness (QED) is 0.755. The van der Waals surface area contributed by atoms with Crippen LogP contribution in [0, 0.1) is 13.8 Å². The summed E-state index contributed by atoms with van der Waals surface area (Å²) in [6.07, 6.45) is 0.550. The molecule has 6 nitrogen and oxygen atoms in total. The van der Waals surface area contributed by atoms with Crippen molar-refractivity contribution in [1.82, 2.24) is 20.6 Å². The van der Waals surface area contributed by atoms with Crippen LogP contribution in [0.2, 0.25) is 0 Å². The van der Waals surface area contributed by atoms with Crippen LogP contribution in [0.15, 0.2) is 35.7 Å². The number of amides is 1. The fraction of sp³-hybridized carbons (Fsp3) is 0.250. The lowest BCUT2D eigenvalue weighted by Gasteiger charge is -2.14. The molecule has 23 heavy (non-hydrogen) atoms. The predicted molar refractivity (Wildman–Crippen MR) is 89.5 cm³/mol. The maximum atomic E-state index is 12.7. The molecule has 3 aromatic rings. The standard InChI is InChI=1S/C16H17N5OS/c1-10-5-6-14(11(2)8-10)17-16(22)13(15-18-20-21-19-15)9-12-4-3-7-23-12/h3-8,13H,9H2,1-2H3,(H,17,22)(H,18,19,20,21). The number of rotatable bonds is 5. The van der Waals surface area contributed by atoms with Gasteiger partial charge in [0.05, 0.1) is 0 Å². The van der Waals surface area contributed by atoms with E-state index in [-0.39, 0.29) is 5.91 Å². The van der Waals surface area contributed by atoms with Crippen molar-refractivity contribution in [2.24, 2.45) is 0 Å². The summed E-state index contributed by atoms with van der Waals surface area (Å²) in [5.74, 6) is -0.208. The minimum absolute atomic E-state index is 0.133. The predicted octanol–water partition coefficient (Wildman–Crippen LogP) is 2.84. The first-order valence-electron chi connectivity index (χ1n) is 7.27. The van der Waals surface area contributed by atoms with Gasteiger partial charge in [0.15, 0.2) is 5.82 Å². The summed E-state index contributed by atoms with van der Waals surface area (Å²) in [7, 11) is 0. The van der Waals surface area contributed by atoms with Gasteiger partial charge in [-0.05, 0) is 36.9 Å². The number of nitrogens with one attached hydrogen (secondary N) is 2. The van der Waals surface area contributed by atoms with Gasteiger partial charge in [0.1, 0.15) is 5.92 Å². The molecule has 0 aliphatic rings. The van der Waals surface area contributed by atoms with E-state index in [4.69, 9.17) is 0 Å². The number of aromatic nitrogens is 4. The van der Waals surface area contributed by atoms with Crippen LogP contribution >= 0.6 is 11.3 Å². The molecule has 1 unspecified atom stereocenters. The van der Waals surface area contributed by atoms with E-state index in [1.807, 2.05) is 49.6 Å². The van der Waals surface area contributed by atoms with Crippen molar-refractivity contribution in [3.63, 3.8) is 0 Å². The zero-order valence-corrected chi connectivity index (χ0v) is 13.7. The Hall–Kier alpha value is -2.54. The van der Waals surface area contributed by atoms with Crippen LogP contribution in [0.3, 0.4) is 0 Å². The Balaban J connectivity index is 1.82. The molecule has 0 spiro atoms. The Morgan fingerprint density at radius 2 is 2.22 bits per heavy atom. The zero-order valence-electron chi connectivity index (χ0n) is 12.9. The second-order valence-electron chi connectivity index (χ2n) is 5.41. The number of carbonyl (C=O) groups is 1. The lowest BCUT2D eigenvalue weighted by molar-refractivity contribution is -0.117. The molecule has 0 aliphatic carbocycles. The molecule has 0 radical (unpaired) electrons. The number of nitrogens with zero attached hydrogens (tertiary/aromatic N) is 3. The van der Waals surface area contributed by atoms with Crippen LogP contribution in [0.5, 0.6) is 0 Å². The van der Waals surface area contributed by atoms with Gasteiger partial charge in [-0.15, -0.1) is 21.5 Å². The number of thiophene rings is 1. The average molecular weight is 327 g/mol. The smallest absolute Gasteiger partial charge is 0.235 e. The van der Waals surface area contributed by atoms with E-state index in [0.717, 1.165) is 21.7 Å². The number of carbonyl (C=O) groups excluding carboxylic acids is 1. The van der Waals surface area contributed by atoms with Crippen molar-refractivity contribution in [1.29, 1.82) is 0 Å². The fourth-order valence-electron chi connectivity index (χ4n) is 2.42. The van der Waals surface area contributed by atoms with E-state index < -0.39 is 5.92 Å². The van der Waals surface area contributed by atoms with Gasteiger partial charge in [-0.2, -0.15) is 5.21 Å². The lowest BCUT2D eigenvalue weighted by atomic mass is 10.0. The first kappa shape index (κ1) is 15.4. The summed E-state index contributed by atoms with van der Waals surface area (Å²) >= 11 is 1.61. The summed E-state index contributed by atoms with van der Waals surface area (Å²) in [6.45, 7) is 4.00. The van der Waals surface area contributed by atoms with E-state index in [1.54, 1.807) is 11.3 Å². The maximum Gasteiger partial charge on any atom is 0.235 e. The molecule has 118 valence electrons. The summed E-state index contributed by atoms with van der Waals surface area (Å²) in [5.41, 5.74) is 3.00. The van der Waals surface area contributed by atoms with Gasteiger partial charge in [-0.25, -0.2) is 0 Å². The molecule has 0 bridgehead atoms. The molecular weight excluding hydrogens is 310 g/mol. The number of hydrogen-bond donors (Lipinski definition) is 2. The van der Waals surface area contributed by atoms with E-state index >= 15 is 0 Å². The fourth-order valence-corrected chi connectivity index (χ4v) is 3.17. The van der Waals surface area contributed by atoms with Crippen LogP contribution in [-0.4, -0.2) is 26.5 Å². The molecule has 0 saturated carbocycles. The third-order valence-corrected chi connectivity index (χ3v) is 4.51. The summed E-state index contributed by atoms with van der Waals surface area (Å²) in [6, 6.07) is 9.90. The van der Waals surface area contributed by atoms with Gasteiger partial charge < -0.3 is 5.32 Å². The van der Waals surface area contributed by atoms with E-state index in [9.17, 15) is 4.79 Å². The van der Waals surface area contributed by atoms with Gasteiger partial charge in [0, 0.05) is 17.0 Å². The highest BCUT2D eigenvalue weighted by Gasteiger charge is 2.26. The van der Waals surface area contributed by atoms with Crippen LogP contribution in [-0.2, 0) is 11.2 Å². The zero-order chi connectivity index (χ0) is 16.2. The Kier molecular flexibility index (Phi) is 4.47. The molecule has 0 aliphatic heterocycles. The van der Waals surface area contributed by atoms with Crippen LogP contribution < -0.4 is 5.32 Å². The summed E-state index contributed by atoms with van der Waals surface area (Å²) in [5, 5.41) is 19.0. The molecule has 1 atom stereocenters. The largest absolute Gasteiger partial charge is 0.325 e. The highest BCUT2D eigenvalue weighted by molar-refractivity contribution is 7.09. The van der Waals surface area contributed by atoms with Crippen molar-refractivity contribution in [3.8, 4) is 0 Å². The second kappa shape index (κ2) is 6.70.